The van der Waals surface area contributed by atoms with Crippen LogP contribution >= 0.6 is 11.6 Å². The van der Waals surface area contributed by atoms with Crippen molar-refractivity contribution in [3.05, 3.63) is 94.5 Å². The first-order valence-electron chi connectivity index (χ1n) is 10.7. The first kappa shape index (κ1) is 20.6. The Morgan fingerprint density at radius 2 is 1.59 bits per heavy atom. The molecule has 0 N–H and O–H groups in total. The minimum Gasteiger partial charge on any atom is -0.348 e. The Kier molecular flexibility index (Phi) is 4.75. The number of halogens is 1. The molecule has 0 fully saturated rings. The molecule has 3 aromatic carbocycles. The van der Waals surface area contributed by atoms with Crippen molar-refractivity contribution >= 4 is 34.7 Å². The first-order chi connectivity index (χ1) is 15.3. The van der Waals surface area contributed by atoms with E-state index in [-0.39, 0.29) is 17.6 Å². The van der Waals surface area contributed by atoms with Crippen LogP contribution in [0, 0.1) is 0 Å². The minimum absolute atomic E-state index is 0.106. The summed E-state index contributed by atoms with van der Waals surface area (Å²) in [4.78, 5) is 21.2. The van der Waals surface area contributed by atoms with Gasteiger partial charge in [0.25, 0.3) is 5.91 Å². The number of benzene rings is 3. The summed E-state index contributed by atoms with van der Waals surface area (Å²) in [6.45, 7) is 6.20. The molecule has 0 spiro atoms. The summed E-state index contributed by atoms with van der Waals surface area (Å²) in [5.41, 5.74) is 4.03. The molecule has 0 bridgehead atoms. The lowest BCUT2D eigenvalue weighted by molar-refractivity contribution is 0.0653. The molecule has 0 aliphatic carbocycles. The fourth-order valence-corrected chi connectivity index (χ4v) is 4.61. The van der Waals surface area contributed by atoms with Gasteiger partial charge in [-0.15, -0.1) is 0 Å². The van der Waals surface area contributed by atoms with Gasteiger partial charge in [0.2, 0.25) is 0 Å². The molecule has 3 aromatic rings. The Labute approximate surface area is 193 Å². The number of nitrogens with zero attached hydrogens (tertiary/aromatic N) is 4. The number of rotatable bonds is 1. The van der Waals surface area contributed by atoms with Crippen LogP contribution in [0.15, 0.2) is 77.8 Å². The van der Waals surface area contributed by atoms with E-state index in [9.17, 15) is 4.79 Å². The Hall–Kier alpha value is -3.31. The summed E-state index contributed by atoms with van der Waals surface area (Å²) in [7, 11) is 2.02. The van der Waals surface area contributed by atoms with Crippen LogP contribution < -0.4 is 9.91 Å². The van der Waals surface area contributed by atoms with Gasteiger partial charge in [-0.1, -0.05) is 54.1 Å². The highest BCUT2D eigenvalue weighted by Crippen LogP contribution is 2.45. The lowest BCUT2D eigenvalue weighted by atomic mass is 9.95. The molecule has 0 saturated carbocycles. The number of hydrogen-bond donors (Lipinski definition) is 0. The third-order valence-electron chi connectivity index (χ3n) is 5.71. The first-order valence-corrected chi connectivity index (χ1v) is 11.0. The zero-order chi connectivity index (χ0) is 22.6. The summed E-state index contributed by atoms with van der Waals surface area (Å²) in [5, 5.41) is 4.30. The molecule has 5 nitrogen and oxygen atoms in total. The number of amidine groups is 1. The molecule has 5 rings (SSSR count). The highest BCUT2D eigenvalue weighted by molar-refractivity contribution is 6.31. The Balaban J connectivity index is 1.84. The monoisotopic (exact) mass is 444 g/mol. The van der Waals surface area contributed by atoms with Crippen molar-refractivity contribution < 1.29 is 4.79 Å². The van der Waals surface area contributed by atoms with Crippen molar-refractivity contribution in [1.82, 2.24) is 5.01 Å². The average Bonchev–Trinajstić information content (AvgIpc) is 2.76. The van der Waals surface area contributed by atoms with Crippen LogP contribution in [0.3, 0.4) is 0 Å². The number of aliphatic imine (C=N–C) groups is 1. The van der Waals surface area contributed by atoms with Crippen molar-refractivity contribution in [2.45, 2.75) is 32.5 Å². The van der Waals surface area contributed by atoms with Gasteiger partial charge in [-0.2, -0.15) is 0 Å². The molecule has 1 unspecified atom stereocenters. The van der Waals surface area contributed by atoms with Crippen LogP contribution in [-0.4, -0.2) is 29.3 Å². The second-order valence-electron chi connectivity index (χ2n) is 9.14. The summed E-state index contributed by atoms with van der Waals surface area (Å²) >= 11 is 6.29. The van der Waals surface area contributed by atoms with Crippen LogP contribution in [0.2, 0.25) is 5.02 Å². The highest BCUT2D eigenvalue weighted by atomic mass is 35.5. The Bertz CT molecular complexity index is 1230. The van der Waals surface area contributed by atoms with E-state index < -0.39 is 0 Å². The molecule has 2 heterocycles. The van der Waals surface area contributed by atoms with Gasteiger partial charge in [-0.25, -0.2) is 10.0 Å². The molecular formula is C26H25ClN4O. The standard InChI is InChI=1S/C26H25ClN4O/c1-26(2,3)28-23-19-12-8-9-13-20(19)24-29(4)22-15-14-17(27)16-21(22)25(32)31(24)30(23)18-10-6-5-7-11-18/h5-16,24H,1-4H3. The van der Waals surface area contributed by atoms with E-state index in [1.54, 1.807) is 11.1 Å². The molecule has 32 heavy (non-hydrogen) atoms. The summed E-state index contributed by atoms with van der Waals surface area (Å²) in [5.74, 6) is 0.647. The second kappa shape index (κ2) is 7.38. The molecule has 2 aliphatic rings. The number of anilines is 2. The number of hydrazine groups is 1. The topological polar surface area (TPSA) is 39.2 Å². The van der Waals surface area contributed by atoms with Gasteiger partial charge < -0.3 is 4.90 Å². The molecule has 0 aromatic heterocycles. The maximum atomic E-state index is 14.0. The lowest BCUT2D eigenvalue weighted by Crippen LogP contribution is -2.61. The van der Waals surface area contributed by atoms with Crippen molar-refractivity contribution in [2.24, 2.45) is 4.99 Å². The third-order valence-corrected chi connectivity index (χ3v) is 5.95. The van der Waals surface area contributed by atoms with Crippen molar-refractivity contribution in [3.8, 4) is 0 Å². The molecule has 162 valence electrons. The summed E-state index contributed by atoms with van der Waals surface area (Å²) in [6, 6.07) is 23.6. The molecular weight excluding hydrogens is 420 g/mol. The predicted octanol–water partition coefficient (Wildman–Crippen LogP) is 5.91. The number of para-hydroxylation sites is 1. The van der Waals surface area contributed by atoms with E-state index in [1.165, 1.54) is 0 Å². The van der Waals surface area contributed by atoms with Gasteiger partial charge in [-0.3, -0.25) is 9.79 Å². The Morgan fingerprint density at radius 3 is 2.31 bits per heavy atom. The SMILES string of the molecule is CN1c2ccc(Cl)cc2C(=O)N2C1c1ccccc1C(=NC(C)(C)C)N2c1ccccc1. The molecule has 1 amide bonds. The molecule has 6 heteroatoms. The van der Waals surface area contributed by atoms with Gasteiger partial charge >= 0.3 is 0 Å². The normalized spacial score (nSPS) is 19.0. The van der Waals surface area contributed by atoms with Crippen LogP contribution in [0.25, 0.3) is 0 Å². The summed E-state index contributed by atoms with van der Waals surface area (Å²) in [6.07, 6.45) is -0.313. The van der Waals surface area contributed by atoms with Gasteiger partial charge in [0.05, 0.1) is 22.5 Å². The molecule has 2 aliphatic heterocycles. The van der Waals surface area contributed by atoms with Crippen molar-refractivity contribution in [1.29, 1.82) is 0 Å². The zero-order valence-electron chi connectivity index (χ0n) is 18.6. The molecule has 0 radical (unpaired) electrons. The smallest absolute Gasteiger partial charge is 0.277 e. The minimum atomic E-state index is -0.339. The maximum absolute atomic E-state index is 14.0. The van der Waals surface area contributed by atoms with Gasteiger partial charge in [0.15, 0.2) is 12.0 Å². The lowest BCUT2D eigenvalue weighted by Gasteiger charge is -2.52. The van der Waals surface area contributed by atoms with Crippen LogP contribution in [0.4, 0.5) is 11.4 Å². The Morgan fingerprint density at radius 1 is 0.906 bits per heavy atom. The van der Waals surface area contributed by atoms with Gasteiger partial charge in [0, 0.05) is 23.2 Å². The van der Waals surface area contributed by atoms with E-state index >= 15 is 0 Å². The number of hydrogen-bond acceptors (Lipinski definition) is 3. The van der Waals surface area contributed by atoms with E-state index in [0.717, 1.165) is 28.3 Å². The fourth-order valence-electron chi connectivity index (χ4n) is 4.44. The van der Waals surface area contributed by atoms with Gasteiger partial charge in [0.1, 0.15) is 0 Å². The van der Waals surface area contributed by atoms with E-state index in [1.807, 2.05) is 66.7 Å². The van der Waals surface area contributed by atoms with Crippen LogP contribution in [-0.2, 0) is 0 Å². The summed E-state index contributed by atoms with van der Waals surface area (Å²) < 4.78 is 0. The number of carbonyl (C=O) groups is 1. The highest BCUT2D eigenvalue weighted by Gasteiger charge is 2.47. The third kappa shape index (κ3) is 3.24. The molecule has 0 saturated heterocycles. The van der Waals surface area contributed by atoms with Crippen molar-refractivity contribution in [2.75, 3.05) is 17.0 Å². The number of fused-ring (bicyclic) bond motifs is 4. The number of carbonyl (C=O) groups excluding carboxylic acids is 1. The van der Waals surface area contributed by atoms with Crippen molar-refractivity contribution in [3.63, 3.8) is 0 Å². The molecule has 1 atom stereocenters. The quantitative estimate of drug-likeness (QED) is 0.468. The van der Waals surface area contributed by atoms with E-state index in [0.29, 0.717) is 10.6 Å². The fraction of sp³-hybridized carbons (Fsp3) is 0.231. The number of amides is 1. The van der Waals surface area contributed by atoms with Crippen LogP contribution in [0.1, 0.15) is 48.4 Å². The van der Waals surface area contributed by atoms with Crippen LogP contribution in [0.5, 0.6) is 0 Å². The maximum Gasteiger partial charge on any atom is 0.277 e. The second-order valence-corrected chi connectivity index (χ2v) is 9.57. The largest absolute Gasteiger partial charge is 0.348 e. The van der Waals surface area contributed by atoms with Gasteiger partial charge in [-0.05, 0) is 51.1 Å². The van der Waals surface area contributed by atoms with E-state index in [4.69, 9.17) is 16.6 Å². The average molecular weight is 445 g/mol. The predicted molar refractivity (Wildman–Crippen MR) is 130 cm³/mol. The van der Waals surface area contributed by atoms with E-state index in [2.05, 4.69) is 37.8 Å². The zero-order valence-corrected chi connectivity index (χ0v) is 19.3.